The summed E-state index contributed by atoms with van der Waals surface area (Å²) < 4.78 is 0. The van der Waals surface area contributed by atoms with Crippen molar-refractivity contribution in [2.45, 2.75) is 19.3 Å². The van der Waals surface area contributed by atoms with E-state index < -0.39 is 0 Å². The van der Waals surface area contributed by atoms with Gasteiger partial charge in [-0.15, -0.1) is 0 Å². The van der Waals surface area contributed by atoms with Crippen molar-refractivity contribution in [3.05, 3.63) is 16.1 Å². The zero-order valence-corrected chi connectivity index (χ0v) is 13.1. The van der Waals surface area contributed by atoms with Gasteiger partial charge in [-0.3, -0.25) is 0 Å². The third kappa shape index (κ3) is 5.12. The Kier molecular flexibility index (Phi) is 7.63. The van der Waals surface area contributed by atoms with Gasteiger partial charge in [-0.2, -0.15) is 11.8 Å². The minimum atomic E-state index is 0.535. The van der Waals surface area contributed by atoms with Crippen LogP contribution >= 0.6 is 35.0 Å². The fourth-order valence-corrected chi connectivity index (χ4v) is 2.53. The lowest BCUT2D eigenvalue weighted by atomic mass is 10.2. The molecule has 2 N–H and O–H groups in total. The van der Waals surface area contributed by atoms with Crippen molar-refractivity contribution in [2.24, 2.45) is 0 Å². The van der Waals surface area contributed by atoms with E-state index in [0.717, 1.165) is 13.0 Å². The molecular formula is C12H19Cl2N3S. The van der Waals surface area contributed by atoms with Crippen molar-refractivity contribution < 1.29 is 0 Å². The maximum Gasteiger partial charge on any atom is 0.147 e. The number of nitrogens with zero attached hydrogens (tertiary/aromatic N) is 1. The number of nitrogens with one attached hydrogen (secondary N) is 2. The molecule has 0 radical (unpaired) electrons. The summed E-state index contributed by atoms with van der Waals surface area (Å²) in [6, 6.07) is 1.71. The van der Waals surface area contributed by atoms with Gasteiger partial charge in [-0.05, 0) is 30.9 Å². The average molecular weight is 308 g/mol. The van der Waals surface area contributed by atoms with Crippen LogP contribution in [-0.2, 0) is 0 Å². The summed E-state index contributed by atoms with van der Waals surface area (Å²) in [5.74, 6) is 2.56. The smallest absolute Gasteiger partial charge is 0.147 e. The zero-order valence-electron chi connectivity index (χ0n) is 10.7. The van der Waals surface area contributed by atoms with Gasteiger partial charge in [0.25, 0.3) is 0 Å². The first kappa shape index (κ1) is 15.7. The standard InChI is InChI=1S/C12H19Cl2N3S/c1-15-11-9(13)8-10(14)12(17-11)16-6-4-3-5-7-18-2/h8H,3-7H2,1-2H3,(H2,15,16,17). The third-order valence-electron chi connectivity index (χ3n) is 2.48. The summed E-state index contributed by atoms with van der Waals surface area (Å²) in [4.78, 5) is 4.33. The number of unbranched alkanes of at least 4 members (excludes halogenated alkanes) is 2. The Bertz CT molecular complexity index is 375. The summed E-state index contributed by atoms with van der Waals surface area (Å²) in [6.45, 7) is 0.881. The van der Waals surface area contributed by atoms with Gasteiger partial charge < -0.3 is 10.6 Å². The Hall–Kier alpha value is -0.320. The molecule has 102 valence electrons. The zero-order chi connectivity index (χ0) is 13.4. The quantitative estimate of drug-likeness (QED) is 0.699. The molecule has 0 spiro atoms. The molecule has 0 saturated heterocycles. The van der Waals surface area contributed by atoms with E-state index in [4.69, 9.17) is 23.2 Å². The normalized spacial score (nSPS) is 10.4. The molecule has 0 aromatic carbocycles. The third-order valence-corrected chi connectivity index (χ3v) is 3.76. The fraction of sp³-hybridized carbons (Fsp3) is 0.583. The SMILES string of the molecule is CNc1nc(NCCCCCSC)c(Cl)cc1Cl. The van der Waals surface area contributed by atoms with E-state index in [2.05, 4.69) is 21.9 Å². The van der Waals surface area contributed by atoms with Crippen LogP contribution in [0.5, 0.6) is 0 Å². The molecule has 0 saturated carbocycles. The van der Waals surface area contributed by atoms with Crippen LogP contribution in [0, 0.1) is 0 Å². The Morgan fingerprint density at radius 1 is 1.17 bits per heavy atom. The first-order valence-electron chi connectivity index (χ1n) is 5.95. The predicted octanol–water partition coefficient (Wildman–Crippen LogP) is 4.38. The maximum atomic E-state index is 6.08. The molecule has 1 heterocycles. The Labute approximate surface area is 123 Å². The molecule has 0 aliphatic carbocycles. The van der Waals surface area contributed by atoms with Gasteiger partial charge in [0.05, 0.1) is 10.0 Å². The van der Waals surface area contributed by atoms with E-state index in [9.17, 15) is 0 Å². The average Bonchev–Trinajstić information content (AvgIpc) is 2.36. The largest absolute Gasteiger partial charge is 0.372 e. The molecular weight excluding hydrogens is 289 g/mol. The summed E-state index contributed by atoms with van der Waals surface area (Å²) in [5.41, 5.74) is 0. The number of anilines is 2. The van der Waals surface area contributed by atoms with Crippen LogP contribution in [0.2, 0.25) is 10.0 Å². The van der Waals surface area contributed by atoms with Crippen molar-refractivity contribution in [3.8, 4) is 0 Å². The second-order valence-electron chi connectivity index (χ2n) is 3.88. The molecule has 1 rings (SSSR count). The molecule has 0 aliphatic heterocycles. The van der Waals surface area contributed by atoms with Crippen molar-refractivity contribution in [1.29, 1.82) is 0 Å². The highest BCUT2D eigenvalue weighted by molar-refractivity contribution is 7.98. The minimum Gasteiger partial charge on any atom is -0.372 e. The van der Waals surface area contributed by atoms with Crippen LogP contribution in [-0.4, -0.2) is 30.6 Å². The van der Waals surface area contributed by atoms with Crippen molar-refractivity contribution in [3.63, 3.8) is 0 Å². The molecule has 1 aromatic rings. The van der Waals surface area contributed by atoms with Crippen molar-refractivity contribution in [2.75, 3.05) is 36.2 Å². The number of aromatic nitrogens is 1. The lowest BCUT2D eigenvalue weighted by molar-refractivity contribution is 0.748. The molecule has 1 aromatic heterocycles. The van der Waals surface area contributed by atoms with Crippen LogP contribution < -0.4 is 10.6 Å². The van der Waals surface area contributed by atoms with Crippen LogP contribution in [0.1, 0.15) is 19.3 Å². The highest BCUT2D eigenvalue weighted by Crippen LogP contribution is 2.28. The second kappa shape index (κ2) is 8.73. The van der Waals surface area contributed by atoms with E-state index in [1.54, 1.807) is 13.1 Å². The molecule has 0 atom stereocenters. The highest BCUT2D eigenvalue weighted by atomic mass is 35.5. The number of hydrogen-bond acceptors (Lipinski definition) is 4. The molecule has 0 fully saturated rings. The van der Waals surface area contributed by atoms with E-state index in [1.165, 1.54) is 18.6 Å². The number of halogens is 2. The number of rotatable bonds is 8. The first-order chi connectivity index (χ1) is 8.69. The van der Waals surface area contributed by atoms with Gasteiger partial charge in [-0.25, -0.2) is 4.98 Å². The first-order valence-corrected chi connectivity index (χ1v) is 8.10. The monoisotopic (exact) mass is 307 g/mol. The molecule has 0 unspecified atom stereocenters. The van der Waals surface area contributed by atoms with Crippen LogP contribution in [0.15, 0.2) is 6.07 Å². The minimum absolute atomic E-state index is 0.535. The summed E-state index contributed by atoms with van der Waals surface area (Å²) in [5, 5.41) is 7.27. The van der Waals surface area contributed by atoms with Gasteiger partial charge in [0, 0.05) is 13.6 Å². The molecule has 0 bridgehead atoms. The van der Waals surface area contributed by atoms with Gasteiger partial charge >= 0.3 is 0 Å². The summed E-state index contributed by atoms with van der Waals surface area (Å²) in [6.07, 6.45) is 5.73. The Balaban J connectivity index is 2.42. The molecule has 18 heavy (non-hydrogen) atoms. The number of hydrogen-bond donors (Lipinski definition) is 2. The van der Waals surface area contributed by atoms with Crippen LogP contribution in [0.4, 0.5) is 11.6 Å². The number of thioether (sulfide) groups is 1. The maximum absolute atomic E-state index is 6.08. The lowest BCUT2D eigenvalue weighted by Gasteiger charge is -2.10. The molecule has 0 amide bonds. The Morgan fingerprint density at radius 2 is 1.89 bits per heavy atom. The highest BCUT2D eigenvalue weighted by Gasteiger charge is 2.07. The van der Waals surface area contributed by atoms with Gasteiger partial charge in [0.1, 0.15) is 11.6 Å². The van der Waals surface area contributed by atoms with Gasteiger partial charge in [0.15, 0.2) is 0 Å². The van der Waals surface area contributed by atoms with Gasteiger partial charge in [0.2, 0.25) is 0 Å². The van der Waals surface area contributed by atoms with Crippen molar-refractivity contribution >= 4 is 46.6 Å². The fourth-order valence-electron chi connectivity index (χ4n) is 1.52. The second-order valence-corrected chi connectivity index (χ2v) is 5.68. The molecule has 6 heteroatoms. The van der Waals surface area contributed by atoms with Crippen LogP contribution in [0.3, 0.4) is 0 Å². The van der Waals surface area contributed by atoms with E-state index in [0.29, 0.717) is 21.7 Å². The van der Waals surface area contributed by atoms with Crippen LogP contribution in [0.25, 0.3) is 0 Å². The van der Waals surface area contributed by atoms with Crippen molar-refractivity contribution in [1.82, 2.24) is 4.98 Å². The topological polar surface area (TPSA) is 37.0 Å². The number of pyridine rings is 1. The summed E-state index contributed by atoms with van der Waals surface area (Å²) >= 11 is 13.9. The summed E-state index contributed by atoms with van der Waals surface area (Å²) in [7, 11) is 1.79. The molecule has 3 nitrogen and oxygen atoms in total. The predicted molar refractivity (Wildman–Crippen MR) is 84.5 cm³/mol. The van der Waals surface area contributed by atoms with E-state index in [-0.39, 0.29) is 0 Å². The Morgan fingerprint density at radius 3 is 2.56 bits per heavy atom. The lowest BCUT2D eigenvalue weighted by Crippen LogP contribution is -2.06. The molecule has 0 aliphatic rings. The van der Waals surface area contributed by atoms with Gasteiger partial charge in [-0.1, -0.05) is 29.6 Å². The van der Waals surface area contributed by atoms with E-state index >= 15 is 0 Å². The van der Waals surface area contributed by atoms with E-state index in [1.807, 2.05) is 11.8 Å².